The van der Waals surface area contributed by atoms with Crippen LogP contribution in [0, 0.1) is 5.92 Å². The van der Waals surface area contributed by atoms with Crippen molar-refractivity contribution in [1.82, 2.24) is 9.47 Å². The van der Waals surface area contributed by atoms with Gasteiger partial charge < -0.3 is 14.4 Å². The maximum Gasteiger partial charge on any atom is 0.231 e. The average molecular weight is 402 g/mol. The number of nitrogens with zero attached hydrogens (tertiary/aromatic N) is 2. The molecular weight excluding hydrogens is 376 g/mol. The fourth-order valence-electron chi connectivity index (χ4n) is 4.73. The Bertz CT molecular complexity index is 1170. The zero-order valence-electron chi connectivity index (χ0n) is 17.4. The van der Waals surface area contributed by atoms with Crippen molar-refractivity contribution < 1.29 is 14.6 Å². The van der Waals surface area contributed by atoms with E-state index in [0.29, 0.717) is 35.1 Å². The van der Waals surface area contributed by atoms with E-state index in [1.54, 1.807) is 12.1 Å². The lowest BCUT2D eigenvalue weighted by Crippen LogP contribution is -2.33. The number of fused-ring (bicyclic) bond motifs is 2. The number of ketones is 1. The molecule has 3 aromatic rings. The number of carbonyl (C=O) groups is 1. The summed E-state index contributed by atoms with van der Waals surface area (Å²) >= 11 is 0. The molecule has 0 aliphatic carbocycles. The van der Waals surface area contributed by atoms with Gasteiger partial charge in [0, 0.05) is 42.8 Å². The van der Waals surface area contributed by atoms with E-state index in [-0.39, 0.29) is 11.5 Å². The van der Waals surface area contributed by atoms with Gasteiger partial charge >= 0.3 is 0 Å². The molecule has 0 bridgehead atoms. The lowest BCUT2D eigenvalue weighted by Gasteiger charge is -2.31. The molecule has 3 heterocycles. The van der Waals surface area contributed by atoms with Gasteiger partial charge in [-0.25, -0.2) is 0 Å². The third-order valence-corrected chi connectivity index (χ3v) is 6.25. The Labute approximate surface area is 176 Å². The Morgan fingerprint density at radius 2 is 2.07 bits per heavy atom. The Hall–Kier alpha value is -3.05. The van der Waals surface area contributed by atoms with E-state index in [2.05, 4.69) is 17.9 Å². The number of aromatic hydroxyl groups is 1. The number of benzene rings is 2. The van der Waals surface area contributed by atoms with Crippen LogP contribution in [-0.2, 0) is 13.6 Å². The molecule has 0 saturated carbocycles. The lowest BCUT2D eigenvalue weighted by atomic mass is 9.99. The molecule has 0 spiro atoms. The van der Waals surface area contributed by atoms with E-state index >= 15 is 0 Å². The van der Waals surface area contributed by atoms with Gasteiger partial charge in [0.15, 0.2) is 5.76 Å². The molecule has 1 aromatic heterocycles. The quantitative estimate of drug-likeness (QED) is 0.644. The zero-order chi connectivity index (χ0) is 20.8. The summed E-state index contributed by atoms with van der Waals surface area (Å²) in [6.45, 7) is 4.84. The first-order valence-electron chi connectivity index (χ1n) is 10.6. The third-order valence-electron chi connectivity index (χ3n) is 6.25. The second-order valence-electron chi connectivity index (χ2n) is 8.57. The van der Waals surface area contributed by atoms with Crippen LogP contribution in [0.2, 0.25) is 0 Å². The number of Topliss-reactive ketones (excluding diaryl/α,β-unsaturated/α-hetero) is 1. The Kier molecular flexibility index (Phi) is 4.63. The van der Waals surface area contributed by atoms with Gasteiger partial charge in [-0.1, -0.05) is 25.1 Å². The summed E-state index contributed by atoms with van der Waals surface area (Å²) in [6, 6.07) is 11.4. The van der Waals surface area contributed by atoms with Crippen molar-refractivity contribution in [2.75, 3.05) is 13.1 Å². The maximum atomic E-state index is 13.1. The number of hydrogen-bond acceptors (Lipinski definition) is 4. The fourth-order valence-corrected chi connectivity index (χ4v) is 4.73. The smallest absolute Gasteiger partial charge is 0.231 e. The molecule has 5 nitrogen and oxygen atoms in total. The predicted molar refractivity (Wildman–Crippen MR) is 118 cm³/mol. The average Bonchev–Trinajstić information content (AvgIpc) is 3.22. The third kappa shape index (κ3) is 3.19. The second kappa shape index (κ2) is 7.33. The summed E-state index contributed by atoms with van der Waals surface area (Å²) < 4.78 is 8.12. The minimum atomic E-state index is -0.133. The largest absolute Gasteiger partial charge is 0.507 e. The molecule has 2 aromatic carbocycles. The van der Waals surface area contributed by atoms with Gasteiger partial charge in [-0.05, 0) is 49.6 Å². The minimum Gasteiger partial charge on any atom is -0.507 e. The number of phenolic OH excluding ortho intramolecular Hbond substituents is 1. The highest BCUT2D eigenvalue weighted by Crippen LogP contribution is 2.41. The van der Waals surface area contributed by atoms with E-state index in [0.717, 1.165) is 36.0 Å². The van der Waals surface area contributed by atoms with Gasteiger partial charge in [0.05, 0.1) is 11.1 Å². The Morgan fingerprint density at radius 1 is 1.23 bits per heavy atom. The molecule has 2 aliphatic rings. The van der Waals surface area contributed by atoms with E-state index in [9.17, 15) is 9.90 Å². The van der Waals surface area contributed by atoms with Crippen molar-refractivity contribution in [1.29, 1.82) is 0 Å². The molecule has 5 rings (SSSR count). The van der Waals surface area contributed by atoms with E-state index < -0.39 is 0 Å². The molecule has 2 aliphatic heterocycles. The SMILES string of the molecule is C[C@H]1CCCN(Cc2c(O)ccc3c2O/C(=C\c2cn(C)c4ccccc24)C3=O)C1. The maximum absolute atomic E-state index is 13.1. The first-order valence-corrected chi connectivity index (χ1v) is 10.6. The van der Waals surface area contributed by atoms with Gasteiger partial charge in [0.25, 0.3) is 0 Å². The summed E-state index contributed by atoms with van der Waals surface area (Å²) in [6.07, 6.45) is 6.21. The van der Waals surface area contributed by atoms with Crippen LogP contribution in [0.4, 0.5) is 0 Å². The normalized spacial score (nSPS) is 20.7. The molecular formula is C25H26N2O3. The van der Waals surface area contributed by atoms with Crippen LogP contribution in [0.25, 0.3) is 17.0 Å². The van der Waals surface area contributed by atoms with Gasteiger partial charge in [-0.15, -0.1) is 0 Å². The molecule has 1 N–H and O–H groups in total. The highest BCUT2D eigenvalue weighted by Gasteiger charge is 2.32. The van der Waals surface area contributed by atoms with Gasteiger partial charge in [-0.2, -0.15) is 0 Å². The van der Waals surface area contributed by atoms with Crippen molar-refractivity contribution in [3.8, 4) is 11.5 Å². The lowest BCUT2D eigenvalue weighted by molar-refractivity contribution is 0.101. The summed E-state index contributed by atoms with van der Waals surface area (Å²) in [5.41, 5.74) is 3.28. The van der Waals surface area contributed by atoms with Crippen molar-refractivity contribution in [3.63, 3.8) is 0 Å². The number of aryl methyl sites for hydroxylation is 1. The van der Waals surface area contributed by atoms with Crippen LogP contribution < -0.4 is 4.74 Å². The number of allylic oxidation sites excluding steroid dienone is 1. The van der Waals surface area contributed by atoms with Gasteiger partial charge in [-0.3, -0.25) is 9.69 Å². The molecule has 1 fully saturated rings. The highest BCUT2D eigenvalue weighted by molar-refractivity contribution is 6.15. The monoisotopic (exact) mass is 402 g/mol. The molecule has 154 valence electrons. The Balaban J connectivity index is 1.50. The molecule has 0 unspecified atom stereocenters. The first-order chi connectivity index (χ1) is 14.5. The summed E-state index contributed by atoms with van der Waals surface area (Å²) in [4.78, 5) is 15.4. The van der Waals surface area contributed by atoms with Crippen LogP contribution in [0.15, 0.2) is 48.4 Å². The van der Waals surface area contributed by atoms with Crippen molar-refractivity contribution in [3.05, 3.63) is 65.0 Å². The predicted octanol–water partition coefficient (Wildman–Crippen LogP) is 4.73. The van der Waals surface area contributed by atoms with Crippen LogP contribution in [0.5, 0.6) is 11.5 Å². The summed E-state index contributed by atoms with van der Waals surface area (Å²) in [5.74, 6) is 1.50. The van der Waals surface area contributed by atoms with E-state index in [4.69, 9.17) is 4.74 Å². The first kappa shape index (κ1) is 18.9. The number of ether oxygens (including phenoxy) is 1. The molecule has 30 heavy (non-hydrogen) atoms. The molecule has 1 atom stereocenters. The molecule has 1 saturated heterocycles. The standard InChI is InChI=1S/C25H26N2O3/c1-16-6-5-11-27(13-16)15-20-22(28)10-9-19-24(29)23(30-25(19)20)12-17-14-26(2)21-8-4-3-7-18(17)21/h3-4,7-10,12,14,16,28H,5-6,11,13,15H2,1-2H3/b23-12-/t16-/m0/s1. The van der Waals surface area contributed by atoms with E-state index in [1.807, 2.05) is 42.1 Å². The fraction of sp³-hybridized carbons (Fsp3) is 0.320. The summed E-state index contributed by atoms with van der Waals surface area (Å²) in [5, 5.41) is 11.6. The summed E-state index contributed by atoms with van der Waals surface area (Å²) in [7, 11) is 1.99. The zero-order valence-corrected chi connectivity index (χ0v) is 17.4. The molecule has 5 heteroatoms. The molecule has 0 radical (unpaired) electrons. The topological polar surface area (TPSA) is 54.7 Å². The number of likely N-dealkylation sites (tertiary alicyclic amines) is 1. The van der Waals surface area contributed by atoms with Crippen LogP contribution in [0.3, 0.4) is 0 Å². The van der Waals surface area contributed by atoms with Crippen LogP contribution >= 0.6 is 0 Å². The number of hydrogen-bond donors (Lipinski definition) is 1. The van der Waals surface area contributed by atoms with Gasteiger partial charge in [0.1, 0.15) is 11.5 Å². The minimum absolute atomic E-state index is 0.133. The van der Waals surface area contributed by atoms with Crippen molar-refractivity contribution in [2.24, 2.45) is 13.0 Å². The highest BCUT2D eigenvalue weighted by atomic mass is 16.5. The van der Waals surface area contributed by atoms with Crippen LogP contribution in [0.1, 0.15) is 41.3 Å². The molecule has 0 amide bonds. The Morgan fingerprint density at radius 3 is 2.90 bits per heavy atom. The van der Waals surface area contributed by atoms with E-state index in [1.165, 1.54) is 6.42 Å². The number of carbonyl (C=O) groups excluding carboxylic acids is 1. The second-order valence-corrected chi connectivity index (χ2v) is 8.57. The van der Waals surface area contributed by atoms with Crippen LogP contribution in [-0.4, -0.2) is 33.4 Å². The number of para-hydroxylation sites is 1. The van der Waals surface area contributed by atoms with Crippen molar-refractivity contribution in [2.45, 2.75) is 26.3 Å². The number of rotatable bonds is 3. The van der Waals surface area contributed by atoms with Gasteiger partial charge in [0.2, 0.25) is 5.78 Å². The number of phenols is 1. The number of piperidine rings is 1. The number of aromatic nitrogens is 1. The van der Waals surface area contributed by atoms with Crippen molar-refractivity contribution >= 4 is 22.8 Å².